The minimum Gasteiger partial charge on any atom is -0.388 e. The van der Waals surface area contributed by atoms with Crippen molar-refractivity contribution in [2.45, 2.75) is 46.8 Å². The zero-order valence-electron chi connectivity index (χ0n) is 12.5. The van der Waals surface area contributed by atoms with Gasteiger partial charge in [0.1, 0.15) is 12.4 Å². The molecule has 0 aliphatic carbocycles. The molecule has 0 fully saturated rings. The van der Waals surface area contributed by atoms with Crippen molar-refractivity contribution < 1.29 is 5.11 Å². The lowest BCUT2D eigenvalue weighted by atomic mass is 10.0. The maximum Gasteiger partial charge on any atom is 0.158 e. The molecule has 0 amide bonds. The van der Waals surface area contributed by atoms with E-state index in [-0.39, 0.29) is 6.61 Å². The number of hydrogen-bond donors (Lipinski definition) is 1. The van der Waals surface area contributed by atoms with Crippen molar-refractivity contribution in [3.8, 4) is 0 Å². The van der Waals surface area contributed by atoms with Crippen LogP contribution in [0.1, 0.15) is 36.6 Å². The van der Waals surface area contributed by atoms with Crippen molar-refractivity contribution in [3.05, 3.63) is 47.0 Å². The minimum absolute atomic E-state index is 0.0515. The van der Waals surface area contributed by atoms with Crippen LogP contribution >= 0.6 is 0 Å². The molecule has 1 heterocycles. The molecule has 108 valence electrons. The van der Waals surface area contributed by atoms with E-state index < -0.39 is 0 Å². The standard InChI is InChI=1S/C16H23N3O/c1-12(2)10-19-15(17-18-16(19)11-20)9-8-14-7-5-4-6-13(14)3/h4-7,12,20H,8-11H2,1-3H3. The van der Waals surface area contributed by atoms with Crippen molar-refractivity contribution in [2.75, 3.05) is 0 Å². The maximum absolute atomic E-state index is 9.35. The Kier molecular flexibility index (Phi) is 4.90. The fourth-order valence-electron chi connectivity index (χ4n) is 2.39. The smallest absolute Gasteiger partial charge is 0.158 e. The van der Waals surface area contributed by atoms with Gasteiger partial charge in [-0.1, -0.05) is 38.1 Å². The number of aromatic nitrogens is 3. The second-order valence-electron chi connectivity index (χ2n) is 5.62. The summed E-state index contributed by atoms with van der Waals surface area (Å²) in [5.41, 5.74) is 2.65. The van der Waals surface area contributed by atoms with E-state index in [1.54, 1.807) is 0 Å². The largest absolute Gasteiger partial charge is 0.388 e. The lowest BCUT2D eigenvalue weighted by molar-refractivity contribution is 0.261. The van der Waals surface area contributed by atoms with Crippen LogP contribution in [0.5, 0.6) is 0 Å². The summed E-state index contributed by atoms with van der Waals surface area (Å²) in [5.74, 6) is 2.14. The van der Waals surface area contributed by atoms with Gasteiger partial charge in [0, 0.05) is 13.0 Å². The Hall–Kier alpha value is -1.68. The zero-order chi connectivity index (χ0) is 14.5. The number of benzene rings is 1. The second-order valence-corrected chi connectivity index (χ2v) is 5.62. The van der Waals surface area contributed by atoms with E-state index in [0.29, 0.717) is 11.7 Å². The molecule has 0 saturated heterocycles. The van der Waals surface area contributed by atoms with Crippen LogP contribution < -0.4 is 0 Å². The third kappa shape index (κ3) is 3.45. The summed E-state index contributed by atoms with van der Waals surface area (Å²) in [6.07, 6.45) is 1.80. The molecular weight excluding hydrogens is 250 g/mol. The number of aliphatic hydroxyl groups excluding tert-OH is 1. The molecular formula is C16H23N3O. The Morgan fingerprint density at radius 3 is 2.45 bits per heavy atom. The lowest BCUT2D eigenvalue weighted by Gasteiger charge is -2.12. The summed E-state index contributed by atoms with van der Waals surface area (Å²) < 4.78 is 2.06. The molecule has 0 aliphatic heterocycles. The van der Waals surface area contributed by atoms with Crippen molar-refractivity contribution in [3.63, 3.8) is 0 Å². The molecule has 0 aliphatic rings. The highest BCUT2D eigenvalue weighted by Gasteiger charge is 2.12. The van der Waals surface area contributed by atoms with Crippen LogP contribution in [-0.4, -0.2) is 19.9 Å². The Morgan fingerprint density at radius 2 is 1.80 bits per heavy atom. The van der Waals surface area contributed by atoms with Crippen LogP contribution in [0.25, 0.3) is 0 Å². The highest BCUT2D eigenvalue weighted by atomic mass is 16.3. The van der Waals surface area contributed by atoms with Crippen LogP contribution in [-0.2, 0) is 26.0 Å². The number of aliphatic hydroxyl groups is 1. The van der Waals surface area contributed by atoms with Crippen molar-refractivity contribution in [1.82, 2.24) is 14.8 Å². The highest BCUT2D eigenvalue weighted by Crippen LogP contribution is 2.13. The van der Waals surface area contributed by atoms with E-state index in [1.165, 1.54) is 11.1 Å². The third-order valence-corrected chi connectivity index (χ3v) is 3.47. The Balaban J connectivity index is 2.13. The monoisotopic (exact) mass is 273 g/mol. The normalized spacial score (nSPS) is 11.2. The van der Waals surface area contributed by atoms with E-state index in [4.69, 9.17) is 0 Å². The predicted molar refractivity (Wildman–Crippen MR) is 79.4 cm³/mol. The molecule has 0 bridgehead atoms. The van der Waals surface area contributed by atoms with Gasteiger partial charge in [0.25, 0.3) is 0 Å². The molecule has 0 spiro atoms. The summed E-state index contributed by atoms with van der Waals surface area (Å²) in [6, 6.07) is 8.42. The van der Waals surface area contributed by atoms with Gasteiger partial charge in [0.15, 0.2) is 5.82 Å². The van der Waals surface area contributed by atoms with Crippen molar-refractivity contribution in [1.29, 1.82) is 0 Å². The van der Waals surface area contributed by atoms with Crippen molar-refractivity contribution >= 4 is 0 Å². The van der Waals surface area contributed by atoms with Gasteiger partial charge in [0.2, 0.25) is 0 Å². The minimum atomic E-state index is -0.0515. The Bertz CT molecular complexity index is 561. The van der Waals surface area contributed by atoms with Gasteiger partial charge in [-0.25, -0.2) is 0 Å². The van der Waals surface area contributed by atoms with E-state index in [2.05, 4.69) is 59.8 Å². The first-order valence-electron chi connectivity index (χ1n) is 7.18. The highest BCUT2D eigenvalue weighted by molar-refractivity contribution is 5.26. The number of hydrogen-bond acceptors (Lipinski definition) is 3. The number of nitrogens with zero attached hydrogens (tertiary/aromatic N) is 3. The molecule has 0 saturated carbocycles. The molecule has 1 N–H and O–H groups in total. The fraction of sp³-hybridized carbons (Fsp3) is 0.500. The topological polar surface area (TPSA) is 50.9 Å². The van der Waals surface area contributed by atoms with Crippen LogP contribution in [0, 0.1) is 12.8 Å². The first-order valence-corrected chi connectivity index (χ1v) is 7.18. The summed E-state index contributed by atoms with van der Waals surface area (Å²) in [6.45, 7) is 7.25. The quantitative estimate of drug-likeness (QED) is 0.880. The van der Waals surface area contributed by atoms with Crippen LogP contribution in [0.2, 0.25) is 0 Å². The maximum atomic E-state index is 9.35. The van der Waals surface area contributed by atoms with Gasteiger partial charge in [-0.15, -0.1) is 10.2 Å². The van der Waals surface area contributed by atoms with E-state index in [1.807, 2.05) is 0 Å². The van der Waals surface area contributed by atoms with Gasteiger partial charge in [-0.2, -0.15) is 0 Å². The molecule has 20 heavy (non-hydrogen) atoms. The molecule has 1 aromatic carbocycles. The summed E-state index contributed by atoms with van der Waals surface area (Å²) in [5, 5.41) is 17.7. The fourth-order valence-corrected chi connectivity index (χ4v) is 2.39. The third-order valence-electron chi connectivity index (χ3n) is 3.47. The number of rotatable bonds is 6. The predicted octanol–water partition coefficient (Wildman–Crippen LogP) is 2.52. The summed E-state index contributed by atoms with van der Waals surface area (Å²) >= 11 is 0. The molecule has 0 atom stereocenters. The van der Waals surface area contributed by atoms with Crippen LogP contribution in [0.15, 0.2) is 24.3 Å². The molecule has 0 unspecified atom stereocenters. The lowest BCUT2D eigenvalue weighted by Crippen LogP contribution is -2.13. The van der Waals surface area contributed by atoms with Gasteiger partial charge in [0.05, 0.1) is 0 Å². The van der Waals surface area contributed by atoms with Gasteiger partial charge in [-0.05, 0) is 30.4 Å². The van der Waals surface area contributed by atoms with Gasteiger partial charge in [-0.3, -0.25) is 0 Å². The average molecular weight is 273 g/mol. The first kappa shape index (κ1) is 14.7. The first-order chi connectivity index (χ1) is 9.61. The van der Waals surface area contributed by atoms with Crippen molar-refractivity contribution in [2.24, 2.45) is 5.92 Å². The van der Waals surface area contributed by atoms with Gasteiger partial charge >= 0.3 is 0 Å². The summed E-state index contributed by atoms with van der Waals surface area (Å²) in [4.78, 5) is 0. The number of aryl methyl sites for hydroxylation is 3. The van der Waals surface area contributed by atoms with E-state index in [9.17, 15) is 5.11 Å². The summed E-state index contributed by atoms with van der Waals surface area (Å²) in [7, 11) is 0. The molecule has 2 aromatic rings. The van der Waals surface area contributed by atoms with Crippen LogP contribution in [0.3, 0.4) is 0 Å². The second kappa shape index (κ2) is 6.66. The Morgan fingerprint density at radius 1 is 1.10 bits per heavy atom. The van der Waals surface area contributed by atoms with E-state index in [0.717, 1.165) is 25.2 Å². The molecule has 0 radical (unpaired) electrons. The molecule has 4 nitrogen and oxygen atoms in total. The van der Waals surface area contributed by atoms with E-state index >= 15 is 0 Å². The van der Waals surface area contributed by atoms with Crippen LogP contribution in [0.4, 0.5) is 0 Å². The molecule has 1 aromatic heterocycles. The van der Waals surface area contributed by atoms with Gasteiger partial charge < -0.3 is 9.67 Å². The SMILES string of the molecule is Cc1ccccc1CCc1nnc(CO)n1CC(C)C. The Labute approximate surface area is 120 Å². The average Bonchev–Trinajstić information content (AvgIpc) is 2.79. The molecule has 2 rings (SSSR count). The molecule has 4 heteroatoms. The zero-order valence-corrected chi connectivity index (χ0v) is 12.5.